The highest BCUT2D eigenvalue weighted by Crippen LogP contribution is 2.22. The van der Waals surface area contributed by atoms with Crippen molar-refractivity contribution in [2.45, 2.75) is 26.5 Å². The predicted molar refractivity (Wildman–Crippen MR) is 68.2 cm³/mol. The van der Waals surface area contributed by atoms with Crippen molar-refractivity contribution >= 4 is 17.3 Å². The van der Waals surface area contributed by atoms with E-state index in [-0.39, 0.29) is 4.88 Å². The van der Waals surface area contributed by atoms with Gasteiger partial charge in [0.05, 0.1) is 18.2 Å². The monoisotopic (exact) mass is 266 g/mol. The molecule has 0 fully saturated rings. The Balaban J connectivity index is 2.02. The van der Waals surface area contributed by atoms with Crippen LogP contribution in [0.15, 0.2) is 24.0 Å². The highest BCUT2D eigenvalue weighted by atomic mass is 32.1. The van der Waals surface area contributed by atoms with Crippen LogP contribution in [0.1, 0.15) is 35.3 Å². The normalized spacial score (nSPS) is 10.8. The van der Waals surface area contributed by atoms with Gasteiger partial charge in [-0.3, -0.25) is 0 Å². The van der Waals surface area contributed by atoms with E-state index in [1.807, 2.05) is 4.57 Å². The SMILES string of the molecule is CC(C)n1cncc1COc1csc(C(=O)O)c1. The number of carboxylic acids is 1. The molecule has 0 bridgehead atoms. The zero-order chi connectivity index (χ0) is 13.1. The van der Waals surface area contributed by atoms with E-state index in [2.05, 4.69) is 18.8 Å². The molecule has 0 saturated carbocycles. The lowest BCUT2D eigenvalue weighted by Crippen LogP contribution is -2.06. The van der Waals surface area contributed by atoms with E-state index >= 15 is 0 Å². The first-order valence-corrected chi connectivity index (χ1v) is 6.41. The summed E-state index contributed by atoms with van der Waals surface area (Å²) in [6.45, 7) is 4.52. The van der Waals surface area contributed by atoms with E-state index < -0.39 is 5.97 Å². The Hall–Kier alpha value is -1.82. The molecule has 1 N–H and O–H groups in total. The number of carboxylic acid groups (broad SMARTS) is 1. The van der Waals surface area contributed by atoms with Crippen molar-refractivity contribution in [2.24, 2.45) is 0 Å². The van der Waals surface area contributed by atoms with Gasteiger partial charge in [0.25, 0.3) is 0 Å². The second-order valence-corrected chi connectivity index (χ2v) is 5.04. The summed E-state index contributed by atoms with van der Waals surface area (Å²) in [6, 6.07) is 1.85. The average molecular weight is 266 g/mol. The van der Waals surface area contributed by atoms with E-state index in [0.29, 0.717) is 18.4 Å². The minimum atomic E-state index is -0.929. The van der Waals surface area contributed by atoms with Gasteiger partial charge in [-0.05, 0) is 13.8 Å². The quantitative estimate of drug-likeness (QED) is 0.903. The van der Waals surface area contributed by atoms with Crippen molar-refractivity contribution in [1.82, 2.24) is 9.55 Å². The van der Waals surface area contributed by atoms with Crippen molar-refractivity contribution in [2.75, 3.05) is 0 Å². The minimum Gasteiger partial charge on any atom is -0.486 e. The molecule has 0 atom stereocenters. The van der Waals surface area contributed by atoms with Crippen LogP contribution in [0.2, 0.25) is 0 Å². The molecule has 5 nitrogen and oxygen atoms in total. The van der Waals surface area contributed by atoms with Gasteiger partial charge in [0.1, 0.15) is 17.2 Å². The fraction of sp³-hybridized carbons (Fsp3) is 0.333. The zero-order valence-electron chi connectivity index (χ0n) is 10.2. The Morgan fingerprint density at radius 1 is 1.61 bits per heavy atom. The van der Waals surface area contributed by atoms with Gasteiger partial charge in [-0.15, -0.1) is 11.3 Å². The van der Waals surface area contributed by atoms with Crippen LogP contribution in [0, 0.1) is 0 Å². The van der Waals surface area contributed by atoms with Gasteiger partial charge in [0.15, 0.2) is 0 Å². The number of thiophene rings is 1. The maximum atomic E-state index is 10.7. The van der Waals surface area contributed by atoms with Gasteiger partial charge in [0, 0.05) is 17.5 Å². The van der Waals surface area contributed by atoms with Crippen LogP contribution >= 0.6 is 11.3 Å². The molecule has 0 aliphatic carbocycles. The van der Waals surface area contributed by atoms with Gasteiger partial charge < -0.3 is 14.4 Å². The number of carbonyl (C=O) groups is 1. The Morgan fingerprint density at radius 3 is 3.00 bits per heavy atom. The number of hydrogen-bond donors (Lipinski definition) is 1. The summed E-state index contributed by atoms with van der Waals surface area (Å²) >= 11 is 1.16. The molecule has 0 aliphatic rings. The molecule has 2 aromatic rings. The maximum absolute atomic E-state index is 10.7. The lowest BCUT2D eigenvalue weighted by atomic mass is 10.3. The molecule has 2 rings (SSSR count). The molecule has 0 aliphatic heterocycles. The molecule has 2 aromatic heterocycles. The standard InChI is InChI=1S/C12H14N2O3S/c1-8(2)14-7-13-4-9(14)5-17-10-3-11(12(15)16)18-6-10/h3-4,6-8H,5H2,1-2H3,(H,15,16). The van der Waals surface area contributed by atoms with E-state index in [4.69, 9.17) is 9.84 Å². The van der Waals surface area contributed by atoms with Crippen molar-refractivity contribution in [3.8, 4) is 5.75 Å². The van der Waals surface area contributed by atoms with Crippen molar-refractivity contribution in [3.63, 3.8) is 0 Å². The number of aromatic carboxylic acids is 1. The summed E-state index contributed by atoms with van der Waals surface area (Å²) in [7, 11) is 0. The summed E-state index contributed by atoms with van der Waals surface area (Å²) in [6.07, 6.45) is 3.52. The maximum Gasteiger partial charge on any atom is 0.346 e. The number of hydrogen-bond acceptors (Lipinski definition) is 4. The summed E-state index contributed by atoms with van der Waals surface area (Å²) in [5.41, 5.74) is 0.966. The molecule has 0 saturated heterocycles. The van der Waals surface area contributed by atoms with Gasteiger partial charge in [-0.25, -0.2) is 9.78 Å². The van der Waals surface area contributed by atoms with Crippen LogP contribution in [0.3, 0.4) is 0 Å². The van der Waals surface area contributed by atoms with Crippen molar-refractivity contribution in [3.05, 3.63) is 34.5 Å². The largest absolute Gasteiger partial charge is 0.486 e. The lowest BCUT2D eigenvalue weighted by Gasteiger charge is -2.11. The third kappa shape index (κ3) is 2.70. The zero-order valence-corrected chi connectivity index (χ0v) is 11.0. The highest BCUT2D eigenvalue weighted by molar-refractivity contribution is 7.12. The molecule has 2 heterocycles. The summed E-state index contributed by atoms with van der Waals surface area (Å²) < 4.78 is 7.58. The Bertz CT molecular complexity index is 545. The lowest BCUT2D eigenvalue weighted by molar-refractivity contribution is 0.0702. The van der Waals surface area contributed by atoms with Crippen molar-refractivity contribution < 1.29 is 14.6 Å². The molecule has 0 amide bonds. The average Bonchev–Trinajstić information content (AvgIpc) is 2.95. The fourth-order valence-corrected chi connectivity index (χ4v) is 2.24. The molecule has 6 heteroatoms. The number of imidazole rings is 1. The molecule has 0 unspecified atom stereocenters. The molecule has 18 heavy (non-hydrogen) atoms. The second kappa shape index (κ2) is 5.22. The molecule has 0 radical (unpaired) electrons. The van der Waals surface area contributed by atoms with Gasteiger partial charge in [-0.1, -0.05) is 0 Å². The van der Waals surface area contributed by atoms with Gasteiger partial charge in [0.2, 0.25) is 0 Å². The molecule has 0 spiro atoms. The van der Waals surface area contributed by atoms with Crippen LogP contribution in [-0.4, -0.2) is 20.6 Å². The Kier molecular flexibility index (Phi) is 3.66. The summed E-state index contributed by atoms with van der Waals surface area (Å²) in [4.78, 5) is 15.1. The van der Waals surface area contributed by atoms with Crippen LogP contribution in [0.4, 0.5) is 0 Å². The van der Waals surface area contributed by atoms with E-state index in [1.54, 1.807) is 17.9 Å². The molecular formula is C12H14N2O3S. The summed E-state index contributed by atoms with van der Waals surface area (Å²) in [5.74, 6) is -0.351. The predicted octanol–water partition coefficient (Wildman–Crippen LogP) is 2.80. The highest BCUT2D eigenvalue weighted by Gasteiger charge is 2.09. The van der Waals surface area contributed by atoms with Crippen molar-refractivity contribution in [1.29, 1.82) is 0 Å². The third-order valence-corrected chi connectivity index (χ3v) is 3.37. The number of rotatable bonds is 5. The topological polar surface area (TPSA) is 64.4 Å². The number of ether oxygens (including phenoxy) is 1. The van der Waals surface area contributed by atoms with E-state index in [9.17, 15) is 4.79 Å². The number of aromatic nitrogens is 2. The third-order valence-electron chi connectivity index (χ3n) is 2.48. The van der Waals surface area contributed by atoms with Crippen LogP contribution in [-0.2, 0) is 6.61 Å². The molecule has 96 valence electrons. The van der Waals surface area contributed by atoms with Crippen LogP contribution in [0.5, 0.6) is 5.75 Å². The van der Waals surface area contributed by atoms with Crippen LogP contribution in [0.25, 0.3) is 0 Å². The smallest absolute Gasteiger partial charge is 0.346 e. The van der Waals surface area contributed by atoms with E-state index in [0.717, 1.165) is 17.0 Å². The van der Waals surface area contributed by atoms with Gasteiger partial charge >= 0.3 is 5.97 Å². The first kappa shape index (κ1) is 12.6. The minimum absolute atomic E-state index is 0.280. The Morgan fingerprint density at radius 2 is 2.39 bits per heavy atom. The fourth-order valence-electron chi connectivity index (χ4n) is 1.57. The second-order valence-electron chi connectivity index (χ2n) is 4.13. The van der Waals surface area contributed by atoms with Gasteiger partial charge in [-0.2, -0.15) is 0 Å². The molecule has 0 aromatic carbocycles. The van der Waals surface area contributed by atoms with Crippen LogP contribution < -0.4 is 4.74 Å². The summed E-state index contributed by atoms with van der Waals surface area (Å²) in [5, 5.41) is 10.5. The Labute approximate surface area is 109 Å². The molecular weight excluding hydrogens is 252 g/mol. The first-order chi connectivity index (χ1) is 8.58. The first-order valence-electron chi connectivity index (χ1n) is 5.53. The van der Waals surface area contributed by atoms with E-state index in [1.165, 1.54) is 6.07 Å². The number of nitrogens with zero attached hydrogens (tertiary/aromatic N) is 2.